The second-order valence-corrected chi connectivity index (χ2v) is 5.56. The number of aromatic nitrogens is 3. The van der Waals surface area contributed by atoms with Gasteiger partial charge in [0.1, 0.15) is 9.88 Å². The number of nitrogens with one attached hydrogen (secondary N) is 1. The van der Waals surface area contributed by atoms with Crippen molar-refractivity contribution in [2.75, 3.05) is 5.32 Å². The van der Waals surface area contributed by atoms with Gasteiger partial charge in [0.25, 0.3) is 11.8 Å². The first-order chi connectivity index (χ1) is 8.47. The molecule has 18 heavy (non-hydrogen) atoms. The van der Waals surface area contributed by atoms with Crippen molar-refractivity contribution in [3.05, 3.63) is 20.6 Å². The van der Waals surface area contributed by atoms with E-state index >= 15 is 0 Å². The summed E-state index contributed by atoms with van der Waals surface area (Å²) < 4.78 is 0. The molecule has 0 atom stereocenters. The van der Waals surface area contributed by atoms with Crippen LogP contribution in [-0.2, 0) is 0 Å². The number of primary amides is 1. The minimum absolute atomic E-state index is 0.117. The zero-order chi connectivity index (χ0) is 13.3. The molecule has 0 fully saturated rings. The maximum absolute atomic E-state index is 11.9. The van der Waals surface area contributed by atoms with E-state index in [4.69, 9.17) is 5.73 Å². The molecule has 94 valence electrons. The lowest BCUT2D eigenvalue weighted by atomic mass is 10.4. The monoisotopic (exact) mass is 283 g/mol. The first-order valence-electron chi connectivity index (χ1n) is 4.86. The van der Waals surface area contributed by atoms with Crippen LogP contribution in [0.2, 0.25) is 0 Å². The fraction of sp³-hybridized carbons (Fsp3) is 0.222. The number of thiazole rings is 1. The lowest BCUT2D eigenvalue weighted by Gasteiger charge is -1.97. The third kappa shape index (κ3) is 2.51. The molecule has 0 spiro atoms. The van der Waals surface area contributed by atoms with Gasteiger partial charge >= 0.3 is 0 Å². The molecule has 0 aliphatic rings. The zero-order valence-corrected chi connectivity index (χ0v) is 11.2. The minimum Gasteiger partial charge on any atom is -0.364 e. The Morgan fingerprint density at radius 2 is 1.94 bits per heavy atom. The van der Waals surface area contributed by atoms with Crippen molar-refractivity contribution in [1.29, 1.82) is 0 Å². The summed E-state index contributed by atoms with van der Waals surface area (Å²) in [5.74, 6) is -1.01. The maximum Gasteiger partial charge on any atom is 0.277 e. The Kier molecular flexibility index (Phi) is 3.34. The minimum atomic E-state index is -0.645. The van der Waals surface area contributed by atoms with Crippen LogP contribution in [0.3, 0.4) is 0 Å². The van der Waals surface area contributed by atoms with Gasteiger partial charge in [0.15, 0.2) is 5.01 Å². The first kappa shape index (κ1) is 12.6. The number of nitrogens with two attached hydrogens (primary N) is 1. The Balaban J connectivity index is 2.21. The van der Waals surface area contributed by atoms with E-state index in [-0.39, 0.29) is 10.9 Å². The lowest BCUT2D eigenvalue weighted by molar-refractivity contribution is 0.0997. The average molecular weight is 283 g/mol. The molecule has 0 radical (unpaired) electrons. The number of carbonyl (C=O) groups is 2. The molecule has 2 aromatic rings. The van der Waals surface area contributed by atoms with Crippen molar-refractivity contribution < 1.29 is 9.59 Å². The summed E-state index contributed by atoms with van der Waals surface area (Å²) in [6.07, 6.45) is 0. The highest BCUT2D eigenvalue weighted by molar-refractivity contribution is 7.16. The highest BCUT2D eigenvalue weighted by Gasteiger charge is 2.18. The third-order valence-corrected chi connectivity index (χ3v) is 3.88. The Morgan fingerprint density at radius 3 is 2.44 bits per heavy atom. The van der Waals surface area contributed by atoms with Crippen molar-refractivity contribution in [2.24, 2.45) is 5.73 Å². The molecule has 0 aliphatic carbocycles. The van der Waals surface area contributed by atoms with E-state index in [0.717, 1.165) is 16.3 Å². The molecule has 3 N–H and O–H groups in total. The third-order valence-electron chi connectivity index (χ3n) is 1.96. The van der Waals surface area contributed by atoms with E-state index in [1.54, 1.807) is 13.8 Å². The number of nitrogens with zero attached hydrogens (tertiary/aromatic N) is 3. The average Bonchev–Trinajstić information content (AvgIpc) is 2.85. The van der Waals surface area contributed by atoms with E-state index in [1.165, 1.54) is 11.3 Å². The summed E-state index contributed by atoms with van der Waals surface area (Å²) in [4.78, 5) is 27.2. The van der Waals surface area contributed by atoms with Gasteiger partial charge in [0, 0.05) is 0 Å². The zero-order valence-electron chi connectivity index (χ0n) is 9.55. The van der Waals surface area contributed by atoms with Crippen molar-refractivity contribution in [3.8, 4) is 0 Å². The number of amides is 2. The van der Waals surface area contributed by atoms with Gasteiger partial charge < -0.3 is 5.73 Å². The summed E-state index contributed by atoms with van der Waals surface area (Å²) in [6, 6.07) is 0. The number of anilines is 1. The molecular formula is C9H9N5O2S2. The van der Waals surface area contributed by atoms with Crippen LogP contribution in [-0.4, -0.2) is 27.0 Å². The number of rotatable bonds is 3. The van der Waals surface area contributed by atoms with Crippen molar-refractivity contribution >= 4 is 39.6 Å². The molecule has 0 bridgehead atoms. The predicted octanol–water partition coefficient (Wildman–Crippen LogP) is 0.963. The number of aryl methyl sites for hydroxylation is 2. The molecule has 0 aliphatic heterocycles. The smallest absolute Gasteiger partial charge is 0.277 e. The second kappa shape index (κ2) is 4.78. The highest BCUT2D eigenvalue weighted by atomic mass is 32.1. The van der Waals surface area contributed by atoms with Crippen LogP contribution in [0.25, 0.3) is 0 Å². The molecule has 0 aromatic carbocycles. The van der Waals surface area contributed by atoms with Gasteiger partial charge in [-0.1, -0.05) is 11.3 Å². The molecule has 0 saturated carbocycles. The van der Waals surface area contributed by atoms with Crippen LogP contribution < -0.4 is 11.1 Å². The van der Waals surface area contributed by atoms with Crippen LogP contribution in [0.15, 0.2) is 0 Å². The molecule has 2 amide bonds. The van der Waals surface area contributed by atoms with Crippen LogP contribution in [0.4, 0.5) is 5.13 Å². The topological polar surface area (TPSA) is 111 Å². The Morgan fingerprint density at radius 1 is 1.22 bits per heavy atom. The van der Waals surface area contributed by atoms with Crippen LogP contribution in [0.1, 0.15) is 30.2 Å². The quantitative estimate of drug-likeness (QED) is 0.871. The van der Waals surface area contributed by atoms with Gasteiger partial charge in [-0.2, -0.15) is 0 Å². The molecule has 9 heteroatoms. The lowest BCUT2D eigenvalue weighted by Crippen LogP contribution is -2.11. The molecule has 0 saturated heterocycles. The van der Waals surface area contributed by atoms with Crippen LogP contribution >= 0.6 is 22.7 Å². The molecule has 7 nitrogen and oxygen atoms in total. The fourth-order valence-corrected chi connectivity index (χ4v) is 2.61. The van der Waals surface area contributed by atoms with Gasteiger partial charge in [-0.15, -0.1) is 21.5 Å². The highest BCUT2D eigenvalue weighted by Crippen LogP contribution is 2.20. The molecule has 2 heterocycles. The summed E-state index contributed by atoms with van der Waals surface area (Å²) in [6.45, 7) is 3.43. The Bertz CT molecular complexity index is 618. The Labute approximate surface area is 110 Å². The summed E-state index contributed by atoms with van der Waals surface area (Å²) in [5, 5.41) is 11.4. The van der Waals surface area contributed by atoms with E-state index < -0.39 is 5.91 Å². The van der Waals surface area contributed by atoms with Crippen molar-refractivity contribution in [2.45, 2.75) is 13.8 Å². The van der Waals surface area contributed by atoms with Crippen LogP contribution in [0, 0.1) is 13.8 Å². The predicted molar refractivity (Wildman–Crippen MR) is 68.0 cm³/mol. The molecule has 2 aromatic heterocycles. The Hall–Kier alpha value is -1.87. The van der Waals surface area contributed by atoms with Crippen molar-refractivity contribution in [1.82, 2.24) is 15.2 Å². The molecular weight excluding hydrogens is 274 g/mol. The van der Waals surface area contributed by atoms with E-state index in [2.05, 4.69) is 20.5 Å². The summed E-state index contributed by atoms with van der Waals surface area (Å²) in [7, 11) is 0. The number of hydrogen-bond donors (Lipinski definition) is 2. The van der Waals surface area contributed by atoms with Gasteiger partial charge in [-0.25, -0.2) is 4.98 Å². The standard InChI is InChI=1S/C9H9N5O2S2/c1-3-5(18-8(11-3)6(10)15)7(16)12-9-14-13-4(2)17-9/h1-2H3,(H2,10,15)(H,12,14,16). The SMILES string of the molecule is Cc1nnc(NC(=O)c2sc(C(N)=O)nc2C)s1. The van der Waals surface area contributed by atoms with E-state index in [1.807, 2.05) is 0 Å². The van der Waals surface area contributed by atoms with Gasteiger partial charge in [-0.3, -0.25) is 14.9 Å². The molecule has 0 unspecified atom stereocenters. The normalized spacial score (nSPS) is 10.3. The van der Waals surface area contributed by atoms with E-state index in [0.29, 0.717) is 15.7 Å². The maximum atomic E-state index is 11.9. The fourth-order valence-electron chi connectivity index (χ4n) is 1.21. The second-order valence-electron chi connectivity index (χ2n) is 3.38. The van der Waals surface area contributed by atoms with E-state index in [9.17, 15) is 9.59 Å². The van der Waals surface area contributed by atoms with Gasteiger partial charge in [0.05, 0.1) is 5.69 Å². The van der Waals surface area contributed by atoms with Crippen LogP contribution in [0.5, 0.6) is 0 Å². The van der Waals surface area contributed by atoms with Crippen molar-refractivity contribution in [3.63, 3.8) is 0 Å². The number of carbonyl (C=O) groups excluding carboxylic acids is 2. The largest absolute Gasteiger partial charge is 0.364 e. The van der Waals surface area contributed by atoms with Gasteiger partial charge in [-0.05, 0) is 13.8 Å². The summed E-state index contributed by atoms with van der Waals surface area (Å²) >= 11 is 2.23. The molecule has 2 rings (SSSR count). The first-order valence-corrected chi connectivity index (χ1v) is 6.49. The summed E-state index contributed by atoms with van der Waals surface area (Å²) in [5.41, 5.74) is 5.57. The van der Waals surface area contributed by atoms with Gasteiger partial charge in [0.2, 0.25) is 5.13 Å². The number of hydrogen-bond acceptors (Lipinski definition) is 7.